The number of benzene rings is 1. The molecule has 3 nitrogen and oxygen atoms in total. The summed E-state index contributed by atoms with van der Waals surface area (Å²) in [6, 6.07) is 9.68. The van der Waals surface area contributed by atoms with Gasteiger partial charge >= 0.3 is 0 Å². The second-order valence-electron chi connectivity index (χ2n) is 5.41. The Morgan fingerprint density at radius 1 is 1.33 bits per heavy atom. The van der Waals surface area contributed by atoms with E-state index in [2.05, 4.69) is 0 Å². The quantitative estimate of drug-likeness (QED) is 0.828. The largest absolute Gasteiger partial charge is 0.616 e. The van der Waals surface area contributed by atoms with Crippen LogP contribution in [0.1, 0.15) is 26.3 Å². The standard InChI is InChI=1S/C14H21NO2S/c1-14(2,3)18(17)10-12(13(15)16)9-11-7-5-4-6-8-11/h4-8,12H,9-10H2,1-3H3,(H2,15,16)/t12-,18?/m1/s1. The summed E-state index contributed by atoms with van der Waals surface area (Å²) in [5.74, 6) is -0.419. The Labute approximate surface area is 112 Å². The lowest BCUT2D eigenvalue weighted by Gasteiger charge is -2.27. The van der Waals surface area contributed by atoms with Crippen molar-refractivity contribution >= 4 is 17.1 Å². The van der Waals surface area contributed by atoms with Crippen LogP contribution in [-0.2, 0) is 22.4 Å². The molecule has 2 N–H and O–H groups in total. The highest BCUT2D eigenvalue weighted by Gasteiger charge is 2.31. The van der Waals surface area contributed by atoms with Gasteiger partial charge in [-0.1, -0.05) is 30.3 Å². The molecule has 2 atom stereocenters. The average molecular weight is 267 g/mol. The molecule has 0 bridgehead atoms. The molecule has 1 amide bonds. The molecule has 0 radical (unpaired) electrons. The topological polar surface area (TPSA) is 66.2 Å². The minimum absolute atomic E-state index is 0.315. The zero-order valence-corrected chi connectivity index (χ0v) is 12.0. The van der Waals surface area contributed by atoms with Crippen LogP contribution in [0.2, 0.25) is 0 Å². The first-order valence-electron chi connectivity index (χ1n) is 6.02. The summed E-state index contributed by atoms with van der Waals surface area (Å²) >= 11 is -1.06. The molecule has 1 rings (SSSR count). The number of primary amides is 1. The van der Waals surface area contributed by atoms with Gasteiger partial charge in [-0.25, -0.2) is 0 Å². The Morgan fingerprint density at radius 3 is 2.33 bits per heavy atom. The summed E-state index contributed by atoms with van der Waals surface area (Å²) in [5.41, 5.74) is 6.45. The van der Waals surface area contributed by atoms with Gasteiger partial charge in [0, 0.05) is 0 Å². The van der Waals surface area contributed by atoms with Crippen LogP contribution >= 0.6 is 0 Å². The first-order chi connectivity index (χ1) is 8.30. The molecule has 0 aromatic heterocycles. The maximum absolute atomic E-state index is 12.1. The summed E-state index contributed by atoms with van der Waals surface area (Å²) in [5, 5.41) is 0. The van der Waals surface area contributed by atoms with Crippen LogP contribution < -0.4 is 5.73 Å². The molecule has 100 valence electrons. The van der Waals surface area contributed by atoms with Gasteiger partial charge in [0.05, 0.1) is 5.92 Å². The van der Waals surface area contributed by atoms with Crippen LogP contribution in [0.3, 0.4) is 0 Å². The lowest BCUT2D eigenvalue weighted by molar-refractivity contribution is -0.121. The number of hydrogen-bond donors (Lipinski definition) is 1. The van der Waals surface area contributed by atoms with Gasteiger partial charge in [-0.3, -0.25) is 4.79 Å². The Hall–Kier alpha value is -1.00. The minimum atomic E-state index is -1.06. The van der Waals surface area contributed by atoms with Crippen molar-refractivity contribution in [3.05, 3.63) is 35.9 Å². The van der Waals surface area contributed by atoms with Crippen molar-refractivity contribution < 1.29 is 9.35 Å². The van der Waals surface area contributed by atoms with Crippen molar-refractivity contribution in [2.75, 3.05) is 5.75 Å². The molecule has 0 heterocycles. The molecule has 0 aliphatic carbocycles. The fraction of sp³-hybridized carbons (Fsp3) is 0.500. The molecule has 1 aromatic carbocycles. The lowest BCUT2D eigenvalue weighted by atomic mass is 10.0. The van der Waals surface area contributed by atoms with E-state index >= 15 is 0 Å². The van der Waals surface area contributed by atoms with Gasteiger partial charge in [-0.15, -0.1) is 0 Å². The molecule has 18 heavy (non-hydrogen) atoms. The van der Waals surface area contributed by atoms with Gasteiger partial charge in [-0.05, 0) is 43.9 Å². The van der Waals surface area contributed by atoms with E-state index in [1.54, 1.807) is 0 Å². The molecular formula is C14H21NO2S. The van der Waals surface area contributed by atoms with Crippen molar-refractivity contribution in [1.29, 1.82) is 0 Å². The molecule has 1 unspecified atom stereocenters. The number of nitrogens with two attached hydrogens (primary N) is 1. The van der Waals surface area contributed by atoms with Gasteiger partial charge in [0.2, 0.25) is 5.91 Å². The monoisotopic (exact) mass is 267 g/mol. The predicted octanol–water partition coefficient (Wildman–Crippen LogP) is 1.88. The number of hydrogen-bond acceptors (Lipinski definition) is 2. The first-order valence-corrected chi connectivity index (χ1v) is 7.34. The van der Waals surface area contributed by atoms with Crippen LogP contribution in [0.4, 0.5) is 0 Å². The maximum Gasteiger partial charge on any atom is 0.225 e. The van der Waals surface area contributed by atoms with Crippen molar-refractivity contribution in [2.45, 2.75) is 31.9 Å². The van der Waals surface area contributed by atoms with E-state index in [1.165, 1.54) is 0 Å². The molecule has 0 spiro atoms. The third kappa shape index (κ3) is 4.70. The maximum atomic E-state index is 12.1. The molecule has 4 heteroatoms. The summed E-state index contributed by atoms with van der Waals surface area (Å²) < 4.78 is 11.8. The summed E-state index contributed by atoms with van der Waals surface area (Å²) in [7, 11) is 0. The van der Waals surface area contributed by atoms with Crippen LogP contribution in [0.15, 0.2) is 30.3 Å². The predicted molar refractivity (Wildman–Crippen MR) is 75.6 cm³/mol. The van der Waals surface area contributed by atoms with Gasteiger partial charge in [0.1, 0.15) is 10.5 Å². The van der Waals surface area contributed by atoms with E-state index in [0.717, 1.165) is 5.56 Å². The summed E-state index contributed by atoms with van der Waals surface area (Å²) in [4.78, 5) is 11.5. The van der Waals surface area contributed by atoms with Crippen LogP contribution in [0.5, 0.6) is 0 Å². The van der Waals surface area contributed by atoms with Crippen molar-refractivity contribution in [3.8, 4) is 0 Å². The molecule has 1 aromatic rings. The smallest absolute Gasteiger partial charge is 0.225 e. The molecule has 0 aliphatic heterocycles. The number of amides is 1. The third-order valence-corrected chi connectivity index (χ3v) is 4.83. The zero-order valence-electron chi connectivity index (χ0n) is 11.2. The van der Waals surface area contributed by atoms with E-state index in [9.17, 15) is 9.35 Å². The van der Waals surface area contributed by atoms with E-state index < -0.39 is 11.2 Å². The molecule has 0 fully saturated rings. The molecule has 0 saturated heterocycles. The van der Waals surface area contributed by atoms with E-state index in [-0.39, 0.29) is 16.6 Å². The van der Waals surface area contributed by atoms with Gasteiger partial charge in [0.15, 0.2) is 0 Å². The van der Waals surface area contributed by atoms with Crippen molar-refractivity contribution in [1.82, 2.24) is 0 Å². The van der Waals surface area contributed by atoms with Crippen LogP contribution in [0.25, 0.3) is 0 Å². The van der Waals surface area contributed by atoms with Crippen molar-refractivity contribution in [3.63, 3.8) is 0 Å². The van der Waals surface area contributed by atoms with Crippen LogP contribution in [0, 0.1) is 5.92 Å². The average Bonchev–Trinajstić information content (AvgIpc) is 2.28. The number of carbonyl (C=O) groups excluding carboxylic acids is 1. The second-order valence-corrected chi connectivity index (χ2v) is 7.66. The zero-order chi connectivity index (χ0) is 13.8. The highest BCUT2D eigenvalue weighted by molar-refractivity contribution is 7.92. The SMILES string of the molecule is CC(C)(C)[S+]([O-])C[C@@H](Cc1ccccc1)C(N)=O. The van der Waals surface area contributed by atoms with Crippen LogP contribution in [-0.4, -0.2) is 21.0 Å². The van der Waals surface area contributed by atoms with Gasteiger partial charge in [0.25, 0.3) is 0 Å². The van der Waals surface area contributed by atoms with Gasteiger partial charge in [-0.2, -0.15) is 0 Å². The van der Waals surface area contributed by atoms with Gasteiger partial charge < -0.3 is 10.3 Å². The molecule has 0 aliphatic rings. The Kier molecular flexibility index (Phi) is 5.23. The highest BCUT2D eigenvalue weighted by atomic mass is 32.2. The normalized spacial score (nSPS) is 15.1. The van der Waals surface area contributed by atoms with E-state index in [1.807, 2.05) is 51.1 Å². The Morgan fingerprint density at radius 2 is 1.89 bits per heavy atom. The summed E-state index contributed by atoms with van der Waals surface area (Å²) in [6.45, 7) is 5.72. The number of rotatable bonds is 5. The molecule has 0 saturated carbocycles. The second kappa shape index (κ2) is 6.25. The minimum Gasteiger partial charge on any atom is -0.616 e. The van der Waals surface area contributed by atoms with E-state index in [0.29, 0.717) is 12.2 Å². The Bertz CT molecular complexity index is 387. The fourth-order valence-corrected chi connectivity index (χ4v) is 2.72. The number of carbonyl (C=O) groups is 1. The third-order valence-electron chi connectivity index (χ3n) is 2.76. The fourth-order valence-electron chi connectivity index (χ4n) is 1.57. The highest BCUT2D eigenvalue weighted by Crippen LogP contribution is 2.20. The lowest BCUT2D eigenvalue weighted by Crippen LogP contribution is -2.38. The van der Waals surface area contributed by atoms with Crippen molar-refractivity contribution in [2.24, 2.45) is 11.7 Å². The van der Waals surface area contributed by atoms with E-state index in [4.69, 9.17) is 5.73 Å². The summed E-state index contributed by atoms with van der Waals surface area (Å²) in [6.07, 6.45) is 0.554. The molecular weight excluding hydrogens is 246 g/mol. The Balaban J connectivity index is 2.70. The first kappa shape index (κ1) is 15.1.